The molecule has 0 aliphatic carbocycles. The Morgan fingerprint density at radius 2 is 0.929 bits per heavy atom. The Balaban J connectivity index is 1.47. The van der Waals surface area contributed by atoms with E-state index in [0.717, 1.165) is 40.1 Å². The van der Waals surface area contributed by atoms with Gasteiger partial charge in [0, 0.05) is 34.1 Å². The molecular formula is C32H17BF6N2O. The third-order valence-corrected chi connectivity index (χ3v) is 8.04. The molecule has 5 aromatic carbocycles. The van der Waals surface area contributed by atoms with Gasteiger partial charge in [-0.1, -0.05) is 36.4 Å². The number of nitrogens with zero attached hydrogens (tertiary/aromatic N) is 2. The predicted molar refractivity (Wildman–Crippen MR) is 151 cm³/mol. The van der Waals surface area contributed by atoms with Crippen molar-refractivity contribution in [2.75, 3.05) is 9.80 Å². The molecular weight excluding hydrogens is 553 g/mol. The van der Waals surface area contributed by atoms with E-state index in [1.165, 1.54) is 4.90 Å². The van der Waals surface area contributed by atoms with Crippen LogP contribution in [0.3, 0.4) is 0 Å². The number of benzene rings is 5. The number of alkyl halides is 6. The molecule has 10 heteroatoms. The fourth-order valence-corrected chi connectivity index (χ4v) is 6.45. The number of hydrogen-bond donors (Lipinski definition) is 0. The van der Waals surface area contributed by atoms with E-state index in [0.29, 0.717) is 28.3 Å². The van der Waals surface area contributed by atoms with Gasteiger partial charge in [-0.3, -0.25) is 0 Å². The van der Waals surface area contributed by atoms with Gasteiger partial charge in [-0.15, -0.1) is 0 Å². The van der Waals surface area contributed by atoms with Crippen LogP contribution in [0.15, 0.2) is 103 Å². The molecule has 0 fully saturated rings. The Kier molecular flexibility index (Phi) is 4.95. The molecule has 0 amide bonds. The molecule has 0 N–H and O–H groups in total. The van der Waals surface area contributed by atoms with Crippen LogP contribution in [-0.4, -0.2) is 6.71 Å². The van der Waals surface area contributed by atoms with Crippen LogP contribution in [0, 0.1) is 0 Å². The molecule has 3 aliphatic rings. The zero-order valence-corrected chi connectivity index (χ0v) is 21.5. The maximum Gasteiger partial charge on any atom is 0.416 e. The van der Waals surface area contributed by atoms with Gasteiger partial charge in [0.05, 0.1) is 11.1 Å². The minimum atomic E-state index is -4.98. The van der Waals surface area contributed by atoms with Crippen LogP contribution in [0.4, 0.5) is 60.5 Å². The van der Waals surface area contributed by atoms with E-state index in [4.69, 9.17) is 4.74 Å². The minimum Gasteiger partial charge on any atom is -0.458 e. The first kappa shape index (κ1) is 24.9. The van der Waals surface area contributed by atoms with Crippen molar-refractivity contribution in [2.24, 2.45) is 0 Å². The number of anilines is 6. The van der Waals surface area contributed by atoms with Crippen molar-refractivity contribution in [1.82, 2.24) is 0 Å². The summed E-state index contributed by atoms with van der Waals surface area (Å²) in [5, 5.41) is 0. The highest BCUT2D eigenvalue weighted by Crippen LogP contribution is 2.49. The highest BCUT2D eigenvalue weighted by Gasteiger charge is 2.48. The van der Waals surface area contributed by atoms with Crippen molar-refractivity contribution in [2.45, 2.75) is 12.4 Å². The maximum atomic E-state index is 13.9. The lowest BCUT2D eigenvalue weighted by molar-refractivity contribution is -0.143. The summed E-state index contributed by atoms with van der Waals surface area (Å²) < 4.78 is 90.1. The van der Waals surface area contributed by atoms with Crippen molar-refractivity contribution >= 4 is 57.2 Å². The molecule has 0 unspecified atom stereocenters. The summed E-state index contributed by atoms with van der Waals surface area (Å²) in [4.78, 5) is 3.55. The van der Waals surface area contributed by atoms with Crippen LogP contribution >= 0.6 is 0 Å². The molecule has 0 radical (unpaired) electrons. The molecule has 3 aliphatic heterocycles. The molecule has 0 saturated carbocycles. The van der Waals surface area contributed by atoms with E-state index >= 15 is 0 Å². The van der Waals surface area contributed by atoms with Gasteiger partial charge in [0.2, 0.25) is 0 Å². The first-order valence-electron chi connectivity index (χ1n) is 13.1. The third-order valence-electron chi connectivity index (χ3n) is 8.04. The Morgan fingerprint density at radius 1 is 0.476 bits per heavy atom. The Bertz CT molecular complexity index is 1890. The van der Waals surface area contributed by atoms with Crippen LogP contribution in [0.1, 0.15) is 11.1 Å². The lowest BCUT2D eigenvalue weighted by Gasteiger charge is -2.46. The summed E-state index contributed by atoms with van der Waals surface area (Å²) in [5.74, 6) is 1.15. The second-order valence-corrected chi connectivity index (χ2v) is 10.4. The number of hydrogen-bond acceptors (Lipinski definition) is 3. The molecule has 5 aromatic rings. The topological polar surface area (TPSA) is 15.7 Å². The smallest absolute Gasteiger partial charge is 0.416 e. The largest absolute Gasteiger partial charge is 0.458 e. The van der Waals surface area contributed by atoms with Gasteiger partial charge in [0.25, 0.3) is 6.71 Å². The van der Waals surface area contributed by atoms with E-state index in [2.05, 4.69) is 4.90 Å². The average molecular weight is 570 g/mol. The van der Waals surface area contributed by atoms with Crippen molar-refractivity contribution in [3.63, 3.8) is 0 Å². The van der Waals surface area contributed by atoms with E-state index in [1.807, 2.05) is 54.6 Å². The molecule has 0 aromatic heterocycles. The van der Waals surface area contributed by atoms with E-state index in [9.17, 15) is 26.3 Å². The predicted octanol–water partition coefficient (Wildman–Crippen LogP) is 7.91. The first-order valence-corrected chi connectivity index (χ1v) is 13.1. The second-order valence-electron chi connectivity index (χ2n) is 10.4. The molecule has 0 bridgehead atoms. The van der Waals surface area contributed by atoms with Gasteiger partial charge in [-0.2, -0.15) is 26.3 Å². The van der Waals surface area contributed by atoms with Gasteiger partial charge in [-0.25, -0.2) is 0 Å². The normalized spacial score (nSPS) is 14.5. The minimum absolute atomic E-state index is 0.153. The van der Waals surface area contributed by atoms with Crippen LogP contribution in [0.5, 0.6) is 11.5 Å². The van der Waals surface area contributed by atoms with Crippen LogP contribution in [-0.2, 0) is 12.4 Å². The zero-order valence-electron chi connectivity index (χ0n) is 21.5. The fourth-order valence-electron chi connectivity index (χ4n) is 6.45. The van der Waals surface area contributed by atoms with E-state index in [-0.39, 0.29) is 18.5 Å². The van der Waals surface area contributed by atoms with E-state index < -0.39 is 23.5 Å². The summed E-state index contributed by atoms with van der Waals surface area (Å²) in [6, 6.07) is 27.7. The number of rotatable bonds is 2. The zero-order chi connectivity index (χ0) is 29.0. The molecule has 206 valence electrons. The molecule has 3 heterocycles. The van der Waals surface area contributed by atoms with Gasteiger partial charge < -0.3 is 14.5 Å². The maximum absolute atomic E-state index is 13.9. The number of ether oxygens (including phenoxy) is 1. The first-order chi connectivity index (χ1) is 20.1. The van der Waals surface area contributed by atoms with E-state index in [1.54, 1.807) is 30.3 Å². The second kappa shape index (κ2) is 8.34. The van der Waals surface area contributed by atoms with Crippen molar-refractivity contribution in [3.05, 3.63) is 114 Å². The monoisotopic (exact) mass is 570 g/mol. The molecule has 3 nitrogen and oxygen atoms in total. The lowest BCUT2D eigenvalue weighted by atomic mass is 9.32. The highest BCUT2D eigenvalue weighted by atomic mass is 19.4. The Labute approximate surface area is 236 Å². The standard InChI is InChI=1S/C32H17BF6N2O/c34-31(35,36)18-15-19(32(37,38)39)17-21(16-18)41-23-10-4-9-22-28(23)33-29-24(40(22)20-7-2-1-3-8-20)11-5-13-26(29)42-27-14-6-12-25(41)30(27)33/h1-17H. The van der Waals surface area contributed by atoms with Crippen LogP contribution in [0.25, 0.3) is 0 Å². The highest BCUT2D eigenvalue weighted by molar-refractivity contribution is 7.01. The fraction of sp³-hybridized carbons (Fsp3) is 0.0625. The quantitative estimate of drug-likeness (QED) is 0.155. The summed E-state index contributed by atoms with van der Waals surface area (Å²) in [7, 11) is 0. The summed E-state index contributed by atoms with van der Waals surface area (Å²) in [6.07, 6.45) is -9.97. The van der Waals surface area contributed by atoms with Crippen molar-refractivity contribution in [1.29, 1.82) is 0 Å². The molecule has 0 spiro atoms. The SMILES string of the molecule is FC(F)(F)c1cc(N2c3cccc4c3B3c5c(cccc5N(c5ccccc5)c5cccc2c53)O4)cc(C(F)(F)F)c1. The molecule has 0 atom stereocenters. The molecule has 8 rings (SSSR count). The van der Waals surface area contributed by atoms with Gasteiger partial charge in [0.1, 0.15) is 11.5 Å². The third kappa shape index (κ3) is 3.44. The average Bonchev–Trinajstić information content (AvgIpc) is 2.97. The van der Waals surface area contributed by atoms with Gasteiger partial charge in [-0.05, 0) is 83.1 Å². The van der Waals surface area contributed by atoms with Gasteiger partial charge >= 0.3 is 12.4 Å². The van der Waals surface area contributed by atoms with Gasteiger partial charge in [0.15, 0.2) is 0 Å². The number of para-hydroxylation sites is 1. The molecule has 42 heavy (non-hydrogen) atoms. The lowest BCUT2D eigenvalue weighted by Crippen LogP contribution is -2.63. The molecule has 0 saturated heterocycles. The summed E-state index contributed by atoms with van der Waals surface area (Å²) >= 11 is 0. The van der Waals surface area contributed by atoms with Crippen LogP contribution in [0.2, 0.25) is 0 Å². The van der Waals surface area contributed by atoms with Crippen molar-refractivity contribution < 1.29 is 31.1 Å². The Hall–Kier alpha value is -4.86. The number of halogens is 6. The summed E-state index contributed by atoms with van der Waals surface area (Å²) in [6.45, 7) is -0.341. The Morgan fingerprint density at radius 3 is 1.43 bits per heavy atom. The van der Waals surface area contributed by atoms with Crippen molar-refractivity contribution in [3.8, 4) is 11.5 Å². The summed E-state index contributed by atoms with van der Waals surface area (Å²) in [5.41, 5.74) is 2.84. The van der Waals surface area contributed by atoms with Crippen LogP contribution < -0.4 is 30.9 Å².